The minimum atomic E-state index is -2.43. The SMILES string of the molecule is CC(C)(C)C(CC[Si](C)(O[Si](C)(C)C)O[Si](C)(C)C)OC(=O)/C=C/C(=O)O.CC(C)C(CC[Si](C)(O[Si](C)(C)C)O[Si](C)(C)C)OC(=O)/C=C/C(=O)O. The zero-order valence-electron chi connectivity index (χ0n) is 36.3. The van der Waals surface area contributed by atoms with Gasteiger partial charge in [-0.05, 0) is 128 Å². The van der Waals surface area contributed by atoms with Crippen molar-refractivity contribution < 1.29 is 55.3 Å². The van der Waals surface area contributed by atoms with E-state index in [4.69, 9.17) is 36.1 Å². The fraction of sp³-hybridized carbons (Fsp3) is 0.771. The van der Waals surface area contributed by atoms with Crippen LogP contribution in [0.25, 0.3) is 0 Å². The molecule has 53 heavy (non-hydrogen) atoms. The summed E-state index contributed by atoms with van der Waals surface area (Å²) in [5.41, 5.74) is -0.277. The number of esters is 2. The Morgan fingerprint density at radius 3 is 1.09 bits per heavy atom. The van der Waals surface area contributed by atoms with Crippen molar-refractivity contribution in [1.29, 1.82) is 0 Å². The number of aliphatic carboxylic acids is 2. The fourth-order valence-corrected chi connectivity index (χ4v) is 30.5. The van der Waals surface area contributed by atoms with E-state index in [0.29, 0.717) is 12.8 Å². The molecule has 310 valence electrons. The highest BCUT2D eigenvalue weighted by molar-refractivity contribution is 6.88. The maximum absolute atomic E-state index is 12.0. The Hall–Kier alpha value is -1.50. The third kappa shape index (κ3) is 30.4. The van der Waals surface area contributed by atoms with Crippen LogP contribution in [0, 0.1) is 11.3 Å². The van der Waals surface area contributed by atoms with E-state index in [1.54, 1.807) is 0 Å². The Bertz CT molecular complexity index is 1200. The molecule has 0 radical (unpaired) electrons. The highest BCUT2D eigenvalue weighted by Crippen LogP contribution is 2.32. The number of ether oxygens (including phenoxy) is 2. The molecule has 0 saturated heterocycles. The van der Waals surface area contributed by atoms with Crippen molar-refractivity contribution in [3.8, 4) is 0 Å². The number of carboxylic acid groups (broad SMARTS) is 2. The van der Waals surface area contributed by atoms with E-state index in [1.165, 1.54) is 0 Å². The number of hydrogen-bond acceptors (Lipinski definition) is 10. The third-order valence-corrected chi connectivity index (χ3v) is 25.9. The van der Waals surface area contributed by atoms with Crippen LogP contribution in [0.2, 0.25) is 104 Å². The summed E-state index contributed by atoms with van der Waals surface area (Å²) >= 11 is 0. The Morgan fingerprint density at radius 2 is 0.830 bits per heavy atom. The summed E-state index contributed by atoms with van der Waals surface area (Å²) in [5.74, 6) is -3.50. The molecule has 2 atom stereocenters. The minimum Gasteiger partial charge on any atom is -0.478 e. The quantitative estimate of drug-likeness (QED) is 0.0641. The van der Waals surface area contributed by atoms with E-state index in [0.717, 1.165) is 36.4 Å². The van der Waals surface area contributed by atoms with Gasteiger partial charge in [0.25, 0.3) is 0 Å². The molecule has 2 N–H and O–H groups in total. The van der Waals surface area contributed by atoms with E-state index in [9.17, 15) is 19.2 Å². The van der Waals surface area contributed by atoms with Crippen LogP contribution in [-0.4, -0.2) is 96.7 Å². The number of carbonyl (C=O) groups is 4. The lowest BCUT2D eigenvalue weighted by molar-refractivity contribution is -0.149. The van der Waals surface area contributed by atoms with E-state index in [1.807, 2.05) is 34.6 Å². The number of carbonyl (C=O) groups excluding carboxylic acids is 2. The fourth-order valence-electron chi connectivity index (χ4n) is 5.48. The summed E-state index contributed by atoms with van der Waals surface area (Å²) in [6, 6.07) is 1.46. The highest BCUT2D eigenvalue weighted by Gasteiger charge is 2.43. The first-order valence-corrected chi connectivity index (χ1v) is 37.1. The molecule has 0 heterocycles. The minimum absolute atomic E-state index is 0.120. The summed E-state index contributed by atoms with van der Waals surface area (Å²) in [4.78, 5) is 44.9. The normalized spacial score (nSPS) is 14.9. The first-order chi connectivity index (χ1) is 23.4. The molecule has 0 aliphatic carbocycles. The molecule has 0 aromatic heterocycles. The molecule has 0 saturated carbocycles. The lowest BCUT2D eigenvalue weighted by Gasteiger charge is -2.40. The second-order valence-electron chi connectivity index (χ2n) is 19.1. The summed E-state index contributed by atoms with van der Waals surface area (Å²) in [6.07, 6.45) is 4.09. The van der Waals surface area contributed by atoms with Gasteiger partial charge in [0.2, 0.25) is 0 Å². The van der Waals surface area contributed by atoms with Crippen LogP contribution in [-0.2, 0) is 45.1 Å². The van der Waals surface area contributed by atoms with E-state index in [2.05, 4.69) is 91.7 Å². The lowest BCUT2D eigenvalue weighted by atomic mass is 9.87. The second kappa shape index (κ2) is 21.7. The predicted molar refractivity (Wildman–Crippen MR) is 227 cm³/mol. The molecule has 18 heteroatoms. The van der Waals surface area contributed by atoms with Gasteiger partial charge in [0.05, 0.1) is 0 Å². The van der Waals surface area contributed by atoms with Crippen LogP contribution < -0.4 is 0 Å². The van der Waals surface area contributed by atoms with Crippen molar-refractivity contribution in [2.24, 2.45) is 11.3 Å². The van der Waals surface area contributed by atoms with Gasteiger partial charge in [0, 0.05) is 24.3 Å². The molecule has 12 nitrogen and oxygen atoms in total. The Morgan fingerprint density at radius 1 is 0.528 bits per heavy atom. The van der Waals surface area contributed by atoms with Gasteiger partial charge in [-0.25, -0.2) is 19.2 Å². The lowest BCUT2D eigenvalue weighted by Crippen LogP contribution is -2.53. The molecule has 0 aliphatic rings. The average molecular weight is 855 g/mol. The van der Waals surface area contributed by atoms with Gasteiger partial charge in [0.1, 0.15) is 12.2 Å². The zero-order chi connectivity index (χ0) is 42.4. The van der Waals surface area contributed by atoms with Gasteiger partial charge < -0.3 is 36.1 Å². The average Bonchev–Trinajstić information content (AvgIpc) is 2.86. The second-order valence-corrected chi connectivity index (χ2v) is 44.8. The predicted octanol–water partition coefficient (Wildman–Crippen LogP) is 9.11. The smallest absolute Gasteiger partial charge is 0.331 e. The summed E-state index contributed by atoms with van der Waals surface area (Å²) < 4.78 is 37.0. The number of rotatable bonds is 21. The van der Waals surface area contributed by atoms with Crippen LogP contribution in [0.4, 0.5) is 0 Å². The summed E-state index contributed by atoms with van der Waals surface area (Å²) in [6.45, 7) is 40.1. The van der Waals surface area contributed by atoms with Gasteiger partial charge in [-0.3, -0.25) is 0 Å². The molecule has 0 rings (SSSR count). The van der Waals surface area contributed by atoms with Gasteiger partial charge in [-0.2, -0.15) is 0 Å². The largest absolute Gasteiger partial charge is 0.478 e. The van der Waals surface area contributed by atoms with Gasteiger partial charge in [-0.15, -0.1) is 0 Å². The standard InChI is InChI=1S/C18H38O6Si3.C17H36O6Si3/c1-18(2,3)15(22-17(21)12-11-16(19)20)13-14-27(10,23-25(4,5)6)24-26(7,8)9;1-14(2)15(21-17(20)11-10-16(18)19)12-13-26(9,22-24(3,4)5)23-25(6,7)8/h11-12,15H,13-14H2,1-10H3,(H,19,20);10-11,14-15H,12-13H2,1-9H3,(H,18,19)/b12-11+;11-10+. The molecule has 0 fully saturated rings. The van der Waals surface area contributed by atoms with Crippen molar-refractivity contribution in [3.63, 3.8) is 0 Å². The van der Waals surface area contributed by atoms with Gasteiger partial charge in [-0.1, -0.05) is 34.6 Å². The van der Waals surface area contributed by atoms with Crippen LogP contribution >= 0.6 is 0 Å². The van der Waals surface area contributed by atoms with Gasteiger partial charge >= 0.3 is 41.0 Å². The van der Waals surface area contributed by atoms with Crippen LogP contribution in [0.15, 0.2) is 24.3 Å². The Kier molecular flexibility index (Phi) is 22.0. The first-order valence-electron chi connectivity index (χ1n) is 18.4. The topological polar surface area (TPSA) is 164 Å². The summed E-state index contributed by atoms with van der Waals surface area (Å²) in [7, 11) is -12.0. The Labute approximate surface area is 327 Å². The van der Waals surface area contributed by atoms with Gasteiger partial charge in [0.15, 0.2) is 33.3 Å². The molecule has 2 unspecified atom stereocenters. The first kappa shape index (κ1) is 53.6. The molecular weight excluding hydrogens is 781 g/mol. The van der Waals surface area contributed by atoms with Crippen molar-refractivity contribution in [2.75, 3.05) is 0 Å². The number of carboxylic acids is 2. The third-order valence-electron chi connectivity index (χ3n) is 6.79. The highest BCUT2D eigenvalue weighted by atomic mass is 28.5. The molecule has 0 amide bonds. The molecule has 0 aromatic rings. The van der Waals surface area contributed by atoms with Crippen molar-refractivity contribution in [3.05, 3.63) is 24.3 Å². The van der Waals surface area contributed by atoms with Crippen LogP contribution in [0.3, 0.4) is 0 Å². The van der Waals surface area contributed by atoms with E-state index in [-0.39, 0.29) is 23.5 Å². The van der Waals surface area contributed by atoms with Crippen molar-refractivity contribution >= 4 is 74.3 Å². The molecule has 0 aliphatic heterocycles. The maximum atomic E-state index is 12.0. The number of hydrogen-bond donors (Lipinski definition) is 2. The molecule has 0 spiro atoms. The zero-order valence-corrected chi connectivity index (χ0v) is 42.3. The molecule has 0 aromatic carbocycles. The van der Waals surface area contributed by atoms with Crippen LogP contribution in [0.1, 0.15) is 47.5 Å². The van der Waals surface area contributed by atoms with Crippen molar-refractivity contribution in [1.82, 2.24) is 0 Å². The van der Waals surface area contributed by atoms with E-state index >= 15 is 0 Å². The summed E-state index contributed by atoms with van der Waals surface area (Å²) in [5, 5.41) is 17.3. The monoisotopic (exact) mass is 854 g/mol. The maximum Gasteiger partial charge on any atom is 0.331 e. The molecular formula is C35H74O12Si6. The van der Waals surface area contributed by atoms with Crippen LogP contribution in [0.5, 0.6) is 0 Å². The van der Waals surface area contributed by atoms with Crippen molar-refractivity contribution in [2.45, 2.75) is 163 Å². The molecule has 0 bridgehead atoms. The van der Waals surface area contributed by atoms with E-state index < -0.39 is 74.3 Å². The Balaban J connectivity index is 0.